The maximum Gasteiger partial charge on any atom is 0.242 e. The van der Waals surface area contributed by atoms with Gasteiger partial charge in [-0.1, -0.05) is 11.8 Å². The number of rotatable bonds is 3. The minimum atomic E-state index is -3.59. The Balaban J connectivity index is 2.12. The van der Waals surface area contributed by atoms with Crippen LogP contribution in [0.2, 0.25) is 0 Å². The molecule has 2 N–H and O–H groups in total. The molecule has 0 unspecified atom stereocenters. The van der Waals surface area contributed by atoms with Crippen molar-refractivity contribution in [3.05, 3.63) is 24.0 Å². The predicted molar refractivity (Wildman–Crippen MR) is 79.0 cm³/mol. The van der Waals surface area contributed by atoms with Crippen LogP contribution in [0.1, 0.15) is 18.4 Å². The van der Waals surface area contributed by atoms with Gasteiger partial charge in [-0.3, -0.25) is 4.98 Å². The van der Waals surface area contributed by atoms with E-state index in [1.54, 1.807) is 0 Å². The third-order valence-electron chi connectivity index (χ3n) is 3.38. The Kier molecular flexibility index (Phi) is 5.31. The van der Waals surface area contributed by atoms with E-state index in [1.165, 1.54) is 18.5 Å². The molecule has 1 aromatic rings. The molecule has 21 heavy (non-hydrogen) atoms. The van der Waals surface area contributed by atoms with Crippen LogP contribution in [-0.2, 0) is 10.0 Å². The van der Waals surface area contributed by atoms with Crippen LogP contribution < -0.4 is 4.72 Å². The van der Waals surface area contributed by atoms with E-state index in [0.717, 1.165) is 25.9 Å². The summed E-state index contributed by atoms with van der Waals surface area (Å²) in [6.07, 6.45) is 4.37. The van der Waals surface area contributed by atoms with Gasteiger partial charge in [0.1, 0.15) is 11.5 Å². The molecule has 0 atom stereocenters. The van der Waals surface area contributed by atoms with Crippen LogP contribution in [-0.4, -0.2) is 56.2 Å². The first kappa shape index (κ1) is 15.9. The molecule has 0 aliphatic carbocycles. The van der Waals surface area contributed by atoms with Gasteiger partial charge in [0, 0.05) is 24.0 Å². The van der Waals surface area contributed by atoms with Gasteiger partial charge in [-0.25, -0.2) is 13.1 Å². The predicted octanol–water partition coefficient (Wildman–Crippen LogP) is -0.202. The molecule has 0 spiro atoms. The van der Waals surface area contributed by atoms with Gasteiger partial charge in [0.25, 0.3) is 0 Å². The largest absolute Gasteiger partial charge is 0.384 e. The molecular weight excluding hydrogens is 290 g/mol. The second-order valence-corrected chi connectivity index (χ2v) is 6.78. The van der Waals surface area contributed by atoms with E-state index in [4.69, 9.17) is 5.11 Å². The zero-order valence-electron chi connectivity index (χ0n) is 11.9. The maximum atomic E-state index is 12.3. The number of likely N-dealkylation sites (tertiary alicyclic amines) is 1. The number of hydrogen-bond acceptors (Lipinski definition) is 5. The lowest BCUT2D eigenvalue weighted by atomic mass is 10.1. The van der Waals surface area contributed by atoms with Crippen molar-refractivity contribution < 1.29 is 13.5 Å². The molecule has 1 fully saturated rings. The number of aliphatic hydroxyl groups is 1. The smallest absolute Gasteiger partial charge is 0.242 e. The number of piperidine rings is 1. The summed E-state index contributed by atoms with van der Waals surface area (Å²) < 4.78 is 27.4. The van der Waals surface area contributed by atoms with Gasteiger partial charge >= 0.3 is 0 Å². The molecule has 114 valence electrons. The second kappa shape index (κ2) is 7.00. The number of nitrogens with one attached hydrogen (secondary N) is 1. The minimum absolute atomic E-state index is 0.0432. The van der Waals surface area contributed by atoms with Crippen molar-refractivity contribution in [2.75, 3.05) is 26.7 Å². The fourth-order valence-electron chi connectivity index (χ4n) is 2.19. The van der Waals surface area contributed by atoms with Gasteiger partial charge in [-0.15, -0.1) is 0 Å². The Morgan fingerprint density at radius 3 is 2.81 bits per heavy atom. The van der Waals surface area contributed by atoms with Crippen molar-refractivity contribution >= 4 is 10.0 Å². The summed E-state index contributed by atoms with van der Waals surface area (Å²) in [5.41, 5.74) is 0.468. The standard InChI is InChI=1S/C14H19N3O3S/c1-17-6-4-13(5-7-17)16-21(19,20)14-9-12(3-2-8-18)10-15-11-14/h9-11,13,16,18H,4-8H2,1H3. The molecule has 0 bridgehead atoms. The van der Waals surface area contributed by atoms with Gasteiger partial charge in [0.2, 0.25) is 10.0 Å². The first-order chi connectivity index (χ1) is 10.0. The van der Waals surface area contributed by atoms with E-state index < -0.39 is 10.0 Å². The monoisotopic (exact) mass is 309 g/mol. The molecule has 2 heterocycles. The van der Waals surface area contributed by atoms with Gasteiger partial charge in [0.05, 0.1) is 0 Å². The van der Waals surface area contributed by atoms with Crippen LogP contribution in [0.25, 0.3) is 0 Å². The van der Waals surface area contributed by atoms with Gasteiger partial charge in [0.15, 0.2) is 0 Å². The summed E-state index contributed by atoms with van der Waals surface area (Å²) in [4.78, 5) is 6.18. The summed E-state index contributed by atoms with van der Waals surface area (Å²) in [6.45, 7) is 1.49. The Morgan fingerprint density at radius 1 is 1.43 bits per heavy atom. The van der Waals surface area contributed by atoms with Crippen molar-refractivity contribution in [2.24, 2.45) is 0 Å². The van der Waals surface area contributed by atoms with Crippen LogP contribution in [0, 0.1) is 11.8 Å². The van der Waals surface area contributed by atoms with Gasteiger partial charge < -0.3 is 10.0 Å². The first-order valence-corrected chi connectivity index (χ1v) is 8.25. The summed E-state index contributed by atoms with van der Waals surface area (Å²) in [6, 6.07) is 1.42. The molecule has 1 saturated heterocycles. The fraction of sp³-hybridized carbons (Fsp3) is 0.500. The molecule has 1 aliphatic heterocycles. The zero-order valence-corrected chi connectivity index (χ0v) is 12.7. The van der Waals surface area contributed by atoms with Crippen LogP contribution >= 0.6 is 0 Å². The van der Waals surface area contributed by atoms with Crippen LogP contribution in [0.4, 0.5) is 0 Å². The Bertz CT molecular complexity index is 641. The lowest BCUT2D eigenvalue weighted by molar-refractivity contribution is 0.248. The topological polar surface area (TPSA) is 82.5 Å². The molecule has 0 radical (unpaired) electrons. The average Bonchev–Trinajstić information content (AvgIpc) is 2.48. The Morgan fingerprint density at radius 2 is 2.14 bits per heavy atom. The number of hydrogen-bond donors (Lipinski definition) is 2. The van der Waals surface area contributed by atoms with Crippen molar-refractivity contribution in [2.45, 2.75) is 23.8 Å². The summed E-state index contributed by atoms with van der Waals surface area (Å²) in [5.74, 6) is 5.13. The van der Waals surface area contributed by atoms with Gasteiger partial charge in [-0.2, -0.15) is 0 Å². The molecule has 1 aliphatic rings. The highest BCUT2D eigenvalue weighted by Crippen LogP contribution is 2.14. The molecule has 7 heteroatoms. The van der Waals surface area contributed by atoms with E-state index in [2.05, 4.69) is 26.4 Å². The van der Waals surface area contributed by atoms with Gasteiger partial charge in [-0.05, 0) is 39.0 Å². The van der Waals surface area contributed by atoms with Crippen LogP contribution in [0.15, 0.2) is 23.4 Å². The average molecular weight is 309 g/mol. The van der Waals surface area contributed by atoms with Crippen LogP contribution in [0.3, 0.4) is 0 Å². The minimum Gasteiger partial charge on any atom is -0.384 e. The number of aromatic nitrogens is 1. The van der Waals surface area contributed by atoms with E-state index in [-0.39, 0.29) is 17.5 Å². The molecular formula is C14H19N3O3S. The zero-order chi connectivity index (χ0) is 15.3. The molecule has 0 saturated carbocycles. The second-order valence-electron chi connectivity index (χ2n) is 5.07. The third-order valence-corrected chi connectivity index (χ3v) is 4.86. The molecule has 2 rings (SSSR count). The lowest BCUT2D eigenvalue weighted by Crippen LogP contribution is -2.43. The fourth-order valence-corrected chi connectivity index (χ4v) is 3.48. The molecule has 0 aromatic carbocycles. The normalized spacial score (nSPS) is 17.2. The van der Waals surface area contributed by atoms with E-state index in [1.807, 2.05) is 7.05 Å². The SMILES string of the molecule is CN1CCC(NS(=O)(=O)c2cncc(C#CCO)c2)CC1. The molecule has 1 aromatic heterocycles. The van der Waals surface area contributed by atoms with E-state index in [9.17, 15) is 8.42 Å². The molecule has 6 nitrogen and oxygen atoms in total. The summed E-state index contributed by atoms with van der Waals surface area (Å²) in [7, 11) is -1.56. The first-order valence-electron chi connectivity index (χ1n) is 6.77. The molecule has 0 amide bonds. The van der Waals surface area contributed by atoms with Crippen molar-refractivity contribution in [1.29, 1.82) is 0 Å². The maximum absolute atomic E-state index is 12.3. The highest BCUT2D eigenvalue weighted by Gasteiger charge is 2.23. The van der Waals surface area contributed by atoms with E-state index in [0.29, 0.717) is 5.56 Å². The van der Waals surface area contributed by atoms with Crippen molar-refractivity contribution in [3.8, 4) is 11.8 Å². The van der Waals surface area contributed by atoms with Crippen molar-refractivity contribution in [3.63, 3.8) is 0 Å². The highest BCUT2D eigenvalue weighted by molar-refractivity contribution is 7.89. The van der Waals surface area contributed by atoms with Crippen molar-refractivity contribution in [1.82, 2.24) is 14.6 Å². The summed E-state index contributed by atoms with van der Waals surface area (Å²) in [5, 5.41) is 8.67. The Hall–Kier alpha value is -1.46. The highest BCUT2D eigenvalue weighted by atomic mass is 32.2. The third kappa shape index (κ3) is 4.51. The Labute approximate surface area is 125 Å². The summed E-state index contributed by atoms with van der Waals surface area (Å²) >= 11 is 0. The number of nitrogens with zero attached hydrogens (tertiary/aromatic N) is 2. The van der Waals surface area contributed by atoms with Crippen LogP contribution in [0.5, 0.6) is 0 Å². The quantitative estimate of drug-likeness (QED) is 0.756. The number of pyridine rings is 1. The lowest BCUT2D eigenvalue weighted by Gasteiger charge is -2.29. The number of sulfonamides is 1. The van der Waals surface area contributed by atoms with E-state index >= 15 is 0 Å². The number of aliphatic hydroxyl groups excluding tert-OH is 1.